The number of nitrogens with zero attached hydrogens (tertiary/aromatic N) is 4. The van der Waals surface area contributed by atoms with E-state index < -0.39 is 0 Å². The highest BCUT2D eigenvalue weighted by molar-refractivity contribution is 5.44. The summed E-state index contributed by atoms with van der Waals surface area (Å²) in [4.78, 5) is 9.60. The summed E-state index contributed by atoms with van der Waals surface area (Å²) in [6.07, 6.45) is 14.6. The number of hydrogen-bond donors (Lipinski definition) is 0. The average Bonchev–Trinajstić information content (AvgIpc) is 3.33. The lowest BCUT2D eigenvalue weighted by atomic mass is 9.43. The fourth-order valence-corrected chi connectivity index (χ4v) is 7.06. The normalized spacial score (nSPS) is 47.0. The van der Waals surface area contributed by atoms with E-state index in [1.165, 1.54) is 6.42 Å². The van der Waals surface area contributed by atoms with Gasteiger partial charge in [-0.25, -0.2) is 0 Å². The first kappa shape index (κ1) is 14.4. The predicted molar refractivity (Wildman–Crippen MR) is 101 cm³/mol. The molecule has 2 aromatic rings. The van der Waals surface area contributed by atoms with Gasteiger partial charge in [0.25, 0.3) is 0 Å². The second kappa shape index (κ2) is 4.61. The van der Waals surface area contributed by atoms with Gasteiger partial charge < -0.3 is 0 Å². The Hall–Kier alpha value is -2.62. The first-order valence-electron chi connectivity index (χ1n) is 9.99. The molecule has 0 unspecified atom stereocenters. The van der Waals surface area contributed by atoms with E-state index in [0.29, 0.717) is 35.5 Å². The van der Waals surface area contributed by atoms with Gasteiger partial charge in [0.2, 0.25) is 0 Å². The van der Waals surface area contributed by atoms with Crippen LogP contribution in [0.3, 0.4) is 0 Å². The number of hydrogen-bond acceptors (Lipinski definition) is 4. The number of azo groups is 1. The van der Waals surface area contributed by atoms with Crippen LogP contribution in [0.2, 0.25) is 0 Å². The number of aromatic nitrogens is 2. The van der Waals surface area contributed by atoms with Gasteiger partial charge in [0.15, 0.2) is 0 Å². The Morgan fingerprint density at radius 1 is 0.667 bits per heavy atom. The maximum atomic E-state index is 5.13. The van der Waals surface area contributed by atoms with Gasteiger partial charge in [-0.3, -0.25) is 9.97 Å². The van der Waals surface area contributed by atoms with Crippen LogP contribution in [0, 0.1) is 35.5 Å². The number of pyridine rings is 2. The highest BCUT2D eigenvalue weighted by Crippen LogP contribution is 2.75. The molecule has 8 rings (SSSR count). The minimum Gasteiger partial charge on any atom is -0.259 e. The van der Waals surface area contributed by atoms with Crippen molar-refractivity contribution < 1.29 is 0 Å². The lowest BCUT2D eigenvalue weighted by Crippen LogP contribution is -2.67. The smallest absolute Gasteiger partial charge is 0.134 e. The molecular formula is C23H20N4. The second-order valence-corrected chi connectivity index (χ2v) is 8.72. The molecule has 4 aliphatic carbocycles. The molecule has 27 heavy (non-hydrogen) atoms. The van der Waals surface area contributed by atoms with Crippen molar-refractivity contribution in [2.45, 2.75) is 17.5 Å². The van der Waals surface area contributed by atoms with Crippen molar-refractivity contribution >= 4 is 0 Å². The van der Waals surface area contributed by atoms with Crippen LogP contribution in [0.25, 0.3) is 0 Å². The van der Waals surface area contributed by atoms with Gasteiger partial charge in [0.05, 0.1) is 11.4 Å². The fourth-order valence-electron chi connectivity index (χ4n) is 7.06. The van der Waals surface area contributed by atoms with Crippen molar-refractivity contribution in [3.05, 3.63) is 84.5 Å². The zero-order chi connectivity index (χ0) is 17.6. The van der Waals surface area contributed by atoms with Gasteiger partial charge in [-0.15, -0.1) is 0 Å². The van der Waals surface area contributed by atoms with Gasteiger partial charge in [0.1, 0.15) is 11.1 Å². The van der Waals surface area contributed by atoms with Gasteiger partial charge in [-0.05, 0) is 42.5 Å². The third kappa shape index (κ3) is 1.43. The van der Waals surface area contributed by atoms with Crippen LogP contribution >= 0.6 is 0 Å². The molecule has 8 atom stereocenters. The van der Waals surface area contributed by atoms with Crippen LogP contribution in [-0.4, -0.2) is 9.97 Å². The fraction of sp³-hybridized carbons (Fsp3) is 0.391. The molecule has 4 nitrogen and oxygen atoms in total. The molecule has 2 fully saturated rings. The molecule has 6 aliphatic rings. The Bertz CT molecular complexity index is 934. The third-order valence-electron chi connectivity index (χ3n) is 7.94. The highest BCUT2D eigenvalue weighted by Gasteiger charge is 2.76. The molecule has 0 amide bonds. The van der Waals surface area contributed by atoms with Crippen LogP contribution in [0.4, 0.5) is 0 Å². The van der Waals surface area contributed by atoms with Crippen molar-refractivity contribution in [1.82, 2.24) is 9.97 Å². The van der Waals surface area contributed by atoms with Crippen molar-refractivity contribution in [1.29, 1.82) is 0 Å². The third-order valence-corrected chi connectivity index (χ3v) is 7.94. The van der Waals surface area contributed by atoms with Crippen LogP contribution < -0.4 is 0 Å². The first-order chi connectivity index (χ1) is 13.4. The molecule has 0 spiro atoms. The predicted octanol–water partition coefficient (Wildman–Crippen LogP) is 4.29. The summed E-state index contributed by atoms with van der Waals surface area (Å²) in [5, 5.41) is 10.3. The SMILES string of the molecule is C1=C[C@H]2C[C@@H]1[C@H]1[C@@H]2[C@@]2(c3ccccn3)N=N[C@]1(c1ccccn1)[C@H]1C=C[C@H]12. The Balaban J connectivity index is 1.55. The topological polar surface area (TPSA) is 50.5 Å². The lowest BCUT2D eigenvalue weighted by molar-refractivity contribution is -0.0886. The zero-order valence-corrected chi connectivity index (χ0v) is 14.9. The number of fused-ring (bicyclic) bond motifs is 2. The Labute approximate surface area is 158 Å². The molecule has 132 valence electrons. The van der Waals surface area contributed by atoms with E-state index in [2.05, 4.69) is 48.6 Å². The first-order valence-corrected chi connectivity index (χ1v) is 9.99. The summed E-state index contributed by atoms with van der Waals surface area (Å²) in [5.41, 5.74) is 1.56. The Kier molecular flexibility index (Phi) is 2.47. The summed E-state index contributed by atoms with van der Waals surface area (Å²) in [6, 6.07) is 12.5. The van der Waals surface area contributed by atoms with Crippen molar-refractivity contribution in [3.63, 3.8) is 0 Å². The minimum atomic E-state index is -0.313. The van der Waals surface area contributed by atoms with E-state index in [1.54, 1.807) is 0 Å². The van der Waals surface area contributed by atoms with E-state index in [1.807, 2.05) is 24.5 Å². The van der Waals surface area contributed by atoms with E-state index in [4.69, 9.17) is 20.2 Å². The summed E-state index contributed by atoms with van der Waals surface area (Å²) < 4.78 is 0. The summed E-state index contributed by atoms with van der Waals surface area (Å²) in [6.45, 7) is 0. The van der Waals surface area contributed by atoms with Gasteiger partial charge in [-0.2, -0.15) is 10.2 Å². The second-order valence-electron chi connectivity index (χ2n) is 8.72. The van der Waals surface area contributed by atoms with E-state index in [-0.39, 0.29) is 11.1 Å². The van der Waals surface area contributed by atoms with Crippen molar-refractivity contribution in [3.8, 4) is 0 Å². The molecule has 0 saturated heterocycles. The van der Waals surface area contributed by atoms with Gasteiger partial charge >= 0.3 is 0 Å². The van der Waals surface area contributed by atoms with Crippen LogP contribution in [-0.2, 0) is 11.1 Å². The maximum Gasteiger partial charge on any atom is 0.134 e. The summed E-state index contributed by atoms with van der Waals surface area (Å²) in [7, 11) is 0. The number of allylic oxidation sites excluding steroid dienone is 2. The molecule has 0 aromatic carbocycles. The van der Waals surface area contributed by atoms with E-state index in [0.717, 1.165) is 11.4 Å². The largest absolute Gasteiger partial charge is 0.259 e. The molecule has 4 heteroatoms. The summed E-state index contributed by atoms with van der Waals surface area (Å²) in [5.74, 6) is 2.77. The monoisotopic (exact) mass is 352 g/mol. The molecule has 0 radical (unpaired) electrons. The Morgan fingerprint density at radius 3 is 1.59 bits per heavy atom. The van der Waals surface area contributed by atoms with E-state index >= 15 is 0 Å². The zero-order valence-electron chi connectivity index (χ0n) is 14.9. The minimum absolute atomic E-state index is 0.313. The van der Waals surface area contributed by atoms with Gasteiger partial charge in [0, 0.05) is 36.1 Å². The van der Waals surface area contributed by atoms with Crippen LogP contribution in [0.5, 0.6) is 0 Å². The van der Waals surface area contributed by atoms with Gasteiger partial charge in [-0.1, -0.05) is 36.4 Å². The molecule has 2 aliphatic heterocycles. The molecule has 0 N–H and O–H groups in total. The van der Waals surface area contributed by atoms with Crippen LogP contribution in [0.1, 0.15) is 17.8 Å². The average molecular weight is 352 g/mol. The van der Waals surface area contributed by atoms with Crippen molar-refractivity contribution in [2.75, 3.05) is 0 Å². The molecular weight excluding hydrogens is 332 g/mol. The summed E-state index contributed by atoms with van der Waals surface area (Å²) >= 11 is 0. The maximum absolute atomic E-state index is 5.13. The lowest BCUT2D eigenvalue weighted by Gasteiger charge is -2.65. The van der Waals surface area contributed by atoms with E-state index in [9.17, 15) is 0 Å². The standard InChI is InChI=1S/C23H20N4/c1-3-11-24-18(5-1)22-16-9-10-17(16)23(27-26-22,19-6-2-4-12-25-19)21-15-8-7-14(13-15)20(21)22/h1-12,14-17,20-21H,13H2/t14-,15+,16+,17-,20+,21-,22+,23-. The van der Waals surface area contributed by atoms with Crippen LogP contribution in [0.15, 0.2) is 83.3 Å². The molecule has 4 heterocycles. The highest BCUT2D eigenvalue weighted by atomic mass is 15.3. The molecule has 2 saturated carbocycles. The quantitative estimate of drug-likeness (QED) is 0.757. The number of rotatable bonds is 2. The molecule has 2 aromatic heterocycles. The Morgan fingerprint density at radius 2 is 1.19 bits per heavy atom. The van der Waals surface area contributed by atoms with Crippen molar-refractivity contribution in [2.24, 2.45) is 45.7 Å². The molecule has 4 bridgehead atoms.